The van der Waals surface area contributed by atoms with Crippen LogP contribution in [0.3, 0.4) is 0 Å². The van der Waals surface area contributed by atoms with E-state index in [1.54, 1.807) is 11.3 Å². The normalized spacial score (nSPS) is 30.5. The molecule has 3 rings (SSSR count). The minimum absolute atomic E-state index is 0.491. The van der Waals surface area contributed by atoms with Crippen molar-refractivity contribution < 1.29 is 0 Å². The summed E-state index contributed by atoms with van der Waals surface area (Å²) < 4.78 is 0.906. The fraction of sp³-hybridized carbons (Fsp3) is 0.733. The van der Waals surface area contributed by atoms with Crippen molar-refractivity contribution in [3.8, 4) is 0 Å². The Kier molecular flexibility index (Phi) is 4.18. The minimum atomic E-state index is 0.491. The van der Waals surface area contributed by atoms with Crippen molar-refractivity contribution in [2.75, 3.05) is 13.1 Å². The molecule has 2 heterocycles. The Morgan fingerprint density at radius 2 is 2.26 bits per heavy atom. The minimum Gasteiger partial charge on any atom is -0.311 e. The maximum Gasteiger partial charge on any atom is 0.0931 e. The first kappa shape index (κ1) is 13.9. The number of hydrogen-bond acceptors (Lipinski definition) is 3. The summed E-state index contributed by atoms with van der Waals surface area (Å²) in [5.74, 6) is 0.930. The lowest BCUT2D eigenvalue weighted by molar-refractivity contribution is 0.0817. The van der Waals surface area contributed by atoms with Gasteiger partial charge in [0.15, 0.2) is 0 Å². The van der Waals surface area contributed by atoms with E-state index in [9.17, 15) is 0 Å². The van der Waals surface area contributed by atoms with E-state index >= 15 is 0 Å². The van der Waals surface area contributed by atoms with E-state index in [-0.39, 0.29) is 0 Å². The topological polar surface area (TPSA) is 15.3 Å². The van der Waals surface area contributed by atoms with Crippen molar-refractivity contribution in [1.82, 2.24) is 10.2 Å². The number of halogens is 1. The molecular formula is C15H23ClN2S. The third kappa shape index (κ3) is 2.99. The standard InChI is InChI=1S/C15H23ClN2S/c1-3-12-8-17-13(11-4-5-11)9-18(12)10(2)14-6-7-15(16)19-14/h6-7,10-13,17H,3-5,8-9H2,1-2H3. The summed E-state index contributed by atoms with van der Waals surface area (Å²) in [6, 6.07) is 6.08. The molecule has 2 aliphatic rings. The van der Waals surface area contributed by atoms with Crippen molar-refractivity contribution >= 4 is 22.9 Å². The van der Waals surface area contributed by atoms with Crippen LogP contribution in [-0.2, 0) is 0 Å². The van der Waals surface area contributed by atoms with Gasteiger partial charge in [-0.1, -0.05) is 18.5 Å². The predicted octanol–water partition coefficient (Wildman–Crippen LogP) is 3.92. The zero-order valence-electron chi connectivity index (χ0n) is 11.7. The van der Waals surface area contributed by atoms with Gasteiger partial charge in [-0.05, 0) is 44.2 Å². The lowest BCUT2D eigenvalue weighted by atomic mass is 10.0. The van der Waals surface area contributed by atoms with Gasteiger partial charge in [0.1, 0.15) is 0 Å². The highest BCUT2D eigenvalue weighted by Gasteiger charge is 2.38. The summed E-state index contributed by atoms with van der Waals surface area (Å²) >= 11 is 7.82. The van der Waals surface area contributed by atoms with Gasteiger partial charge in [0.05, 0.1) is 4.34 Å². The molecule has 1 saturated carbocycles. The number of rotatable bonds is 4. The van der Waals surface area contributed by atoms with Gasteiger partial charge in [0, 0.05) is 36.1 Å². The maximum atomic E-state index is 6.09. The second-order valence-electron chi connectivity index (χ2n) is 5.93. The maximum absolute atomic E-state index is 6.09. The van der Waals surface area contributed by atoms with Gasteiger partial charge in [0.2, 0.25) is 0 Å². The van der Waals surface area contributed by atoms with Gasteiger partial charge in [-0.3, -0.25) is 4.90 Å². The zero-order valence-corrected chi connectivity index (χ0v) is 13.3. The Bertz CT molecular complexity index is 430. The number of nitrogens with zero attached hydrogens (tertiary/aromatic N) is 1. The van der Waals surface area contributed by atoms with Crippen LogP contribution in [0.25, 0.3) is 0 Å². The second kappa shape index (κ2) is 5.72. The van der Waals surface area contributed by atoms with E-state index in [4.69, 9.17) is 11.6 Å². The summed E-state index contributed by atoms with van der Waals surface area (Å²) in [6.45, 7) is 6.96. The molecule has 4 heteroatoms. The molecular weight excluding hydrogens is 276 g/mol. The molecule has 3 atom stereocenters. The van der Waals surface area contributed by atoms with Gasteiger partial charge < -0.3 is 5.32 Å². The summed E-state index contributed by atoms with van der Waals surface area (Å²) in [5, 5.41) is 3.76. The third-order valence-corrected chi connectivity index (χ3v) is 6.06. The van der Waals surface area contributed by atoms with E-state index in [0.717, 1.165) is 16.8 Å². The van der Waals surface area contributed by atoms with E-state index in [0.29, 0.717) is 18.1 Å². The van der Waals surface area contributed by atoms with Crippen LogP contribution in [0.2, 0.25) is 4.34 Å². The molecule has 2 nitrogen and oxygen atoms in total. The highest BCUT2D eigenvalue weighted by atomic mass is 35.5. The van der Waals surface area contributed by atoms with Gasteiger partial charge >= 0.3 is 0 Å². The molecule has 1 aliphatic carbocycles. The molecule has 1 saturated heterocycles. The molecule has 1 aromatic heterocycles. The lowest BCUT2D eigenvalue weighted by Crippen LogP contribution is -2.57. The van der Waals surface area contributed by atoms with Crippen LogP contribution in [0, 0.1) is 5.92 Å². The molecule has 106 valence electrons. The molecule has 19 heavy (non-hydrogen) atoms. The van der Waals surface area contributed by atoms with E-state index in [1.807, 2.05) is 6.07 Å². The predicted molar refractivity (Wildman–Crippen MR) is 83.0 cm³/mol. The van der Waals surface area contributed by atoms with Gasteiger partial charge in [-0.25, -0.2) is 0 Å². The number of hydrogen-bond donors (Lipinski definition) is 1. The first-order valence-electron chi connectivity index (χ1n) is 7.43. The van der Waals surface area contributed by atoms with Crippen LogP contribution < -0.4 is 5.32 Å². The molecule has 1 aliphatic heterocycles. The van der Waals surface area contributed by atoms with Crippen LogP contribution in [-0.4, -0.2) is 30.1 Å². The van der Waals surface area contributed by atoms with Crippen molar-refractivity contribution in [3.05, 3.63) is 21.3 Å². The van der Waals surface area contributed by atoms with Gasteiger partial charge in [-0.2, -0.15) is 0 Å². The molecule has 0 amide bonds. The van der Waals surface area contributed by atoms with E-state index in [2.05, 4.69) is 30.1 Å². The molecule has 0 radical (unpaired) electrons. The summed E-state index contributed by atoms with van der Waals surface area (Å²) in [4.78, 5) is 4.10. The fourth-order valence-electron chi connectivity index (χ4n) is 3.23. The highest BCUT2D eigenvalue weighted by molar-refractivity contribution is 7.16. The van der Waals surface area contributed by atoms with Gasteiger partial charge in [0.25, 0.3) is 0 Å². The molecule has 2 fully saturated rings. The average molecular weight is 299 g/mol. The Morgan fingerprint density at radius 1 is 1.47 bits per heavy atom. The average Bonchev–Trinajstić information content (AvgIpc) is 3.19. The monoisotopic (exact) mass is 298 g/mol. The first-order valence-corrected chi connectivity index (χ1v) is 8.62. The lowest BCUT2D eigenvalue weighted by Gasteiger charge is -2.43. The Balaban J connectivity index is 1.74. The van der Waals surface area contributed by atoms with Crippen molar-refractivity contribution in [3.63, 3.8) is 0 Å². The SMILES string of the molecule is CCC1CNC(C2CC2)CN1C(C)c1ccc(Cl)s1. The fourth-order valence-corrected chi connectivity index (χ4v) is 4.36. The Labute approximate surface area is 125 Å². The second-order valence-corrected chi connectivity index (χ2v) is 7.68. The summed E-state index contributed by atoms with van der Waals surface area (Å²) in [7, 11) is 0. The van der Waals surface area contributed by atoms with Crippen molar-refractivity contribution in [2.45, 2.75) is 51.2 Å². The van der Waals surface area contributed by atoms with Crippen molar-refractivity contribution in [2.24, 2.45) is 5.92 Å². The van der Waals surface area contributed by atoms with Crippen LogP contribution >= 0.6 is 22.9 Å². The Hall–Kier alpha value is -0.0900. The molecule has 1 aromatic rings. The molecule has 1 N–H and O–H groups in total. The quantitative estimate of drug-likeness (QED) is 0.906. The van der Waals surface area contributed by atoms with Crippen LogP contribution in [0.15, 0.2) is 12.1 Å². The van der Waals surface area contributed by atoms with E-state index < -0.39 is 0 Å². The van der Waals surface area contributed by atoms with Crippen LogP contribution in [0.4, 0.5) is 0 Å². The highest BCUT2D eigenvalue weighted by Crippen LogP contribution is 2.37. The summed E-state index contributed by atoms with van der Waals surface area (Å²) in [5.41, 5.74) is 0. The molecule has 0 aromatic carbocycles. The molecule has 0 spiro atoms. The molecule has 3 unspecified atom stereocenters. The zero-order chi connectivity index (χ0) is 13.4. The Morgan fingerprint density at radius 3 is 2.84 bits per heavy atom. The molecule has 0 bridgehead atoms. The number of thiophene rings is 1. The number of piperazine rings is 1. The smallest absolute Gasteiger partial charge is 0.0931 e. The number of nitrogens with one attached hydrogen (secondary N) is 1. The van der Waals surface area contributed by atoms with Gasteiger partial charge in [-0.15, -0.1) is 11.3 Å². The third-order valence-electron chi connectivity index (χ3n) is 4.66. The largest absolute Gasteiger partial charge is 0.311 e. The van der Waals surface area contributed by atoms with E-state index in [1.165, 1.54) is 30.7 Å². The summed E-state index contributed by atoms with van der Waals surface area (Å²) in [6.07, 6.45) is 4.05. The van der Waals surface area contributed by atoms with Crippen molar-refractivity contribution in [1.29, 1.82) is 0 Å². The van der Waals surface area contributed by atoms with Crippen LogP contribution in [0.5, 0.6) is 0 Å². The van der Waals surface area contributed by atoms with Crippen LogP contribution in [0.1, 0.15) is 44.0 Å². The first-order chi connectivity index (χ1) is 9.19.